The molecule has 2 nitrogen and oxygen atoms in total. The van der Waals surface area contributed by atoms with Crippen LogP contribution in [0.15, 0.2) is 48.8 Å². The van der Waals surface area contributed by atoms with E-state index >= 15 is 0 Å². The number of hydrogen-bond donors (Lipinski definition) is 0. The number of nitrogens with zero attached hydrogens (tertiary/aromatic N) is 2. The fraction of sp³-hybridized carbons (Fsp3) is 0.375. The van der Waals surface area contributed by atoms with Crippen molar-refractivity contribution in [2.24, 2.45) is 0 Å². The lowest BCUT2D eigenvalue weighted by Crippen LogP contribution is -1.88. The van der Waals surface area contributed by atoms with E-state index in [4.69, 9.17) is 0 Å². The van der Waals surface area contributed by atoms with Crippen LogP contribution in [0.4, 0.5) is 0 Å². The molecule has 0 saturated carbocycles. The Labute approximate surface area is 110 Å². The van der Waals surface area contributed by atoms with E-state index in [-0.39, 0.29) is 0 Å². The van der Waals surface area contributed by atoms with Crippen LogP contribution in [-0.2, 0) is 0 Å². The van der Waals surface area contributed by atoms with E-state index in [0.717, 1.165) is 11.4 Å². The highest BCUT2D eigenvalue weighted by atomic mass is 14.7. The molecule has 2 rings (SSSR count). The molecule has 0 amide bonds. The lowest BCUT2D eigenvalue weighted by molar-refractivity contribution is 0.823. The summed E-state index contributed by atoms with van der Waals surface area (Å²) in [5, 5.41) is 0. The third-order valence-electron chi connectivity index (χ3n) is 2.56. The van der Waals surface area contributed by atoms with Gasteiger partial charge in [-0.25, -0.2) is 0 Å². The Kier molecular flexibility index (Phi) is 6.06. The third-order valence-corrected chi connectivity index (χ3v) is 2.56. The van der Waals surface area contributed by atoms with Crippen LogP contribution >= 0.6 is 0 Å². The lowest BCUT2D eigenvalue weighted by Gasteiger charge is -2.00. The smallest absolute Gasteiger partial charge is 0.0428 e. The van der Waals surface area contributed by atoms with E-state index in [1.165, 1.54) is 0 Å². The van der Waals surface area contributed by atoms with Crippen LogP contribution < -0.4 is 0 Å². The van der Waals surface area contributed by atoms with Crippen LogP contribution in [0.25, 0.3) is 0 Å². The van der Waals surface area contributed by atoms with Crippen molar-refractivity contribution in [3.8, 4) is 0 Å². The molecule has 0 aliphatic carbocycles. The topological polar surface area (TPSA) is 25.8 Å². The first-order valence-electron chi connectivity index (χ1n) is 6.43. The molecule has 0 spiro atoms. The van der Waals surface area contributed by atoms with E-state index in [1.807, 2.05) is 48.8 Å². The second-order valence-corrected chi connectivity index (χ2v) is 4.82. The number of rotatable bonds is 2. The van der Waals surface area contributed by atoms with Crippen molar-refractivity contribution in [1.82, 2.24) is 9.97 Å². The zero-order valence-corrected chi connectivity index (χ0v) is 11.7. The van der Waals surface area contributed by atoms with Gasteiger partial charge in [0.15, 0.2) is 0 Å². The summed E-state index contributed by atoms with van der Waals surface area (Å²) in [6.45, 7) is 8.56. The van der Waals surface area contributed by atoms with Crippen molar-refractivity contribution in [1.29, 1.82) is 0 Å². The molecule has 2 heteroatoms. The van der Waals surface area contributed by atoms with E-state index in [9.17, 15) is 0 Å². The average molecular weight is 242 g/mol. The van der Waals surface area contributed by atoms with Crippen molar-refractivity contribution in [3.05, 3.63) is 60.2 Å². The summed E-state index contributed by atoms with van der Waals surface area (Å²) in [5.41, 5.74) is 2.33. The standard InChI is InChI=1S/2C8H11N/c2*1-7(2)8-5-3-4-6-9-8/h2*3-7H,1-2H3. The number of hydrogen-bond acceptors (Lipinski definition) is 2. The molecule has 0 unspecified atom stereocenters. The Balaban J connectivity index is 0.000000180. The first-order valence-corrected chi connectivity index (χ1v) is 6.43. The van der Waals surface area contributed by atoms with E-state index in [1.54, 1.807) is 0 Å². The van der Waals surface area contributed by atoms with E-state index in [0.29, 0.717) is 11.8 Å². The molecule has 2 heterocycles. The van der Waals surface area contributed by atoms with Crippen molar-refractivity contribution in [2.75, 3.05) is 0 Å². The van der Waals surface area contributed by atoms with Gasteiger partial charge >= 0.3 is 0 Å². The maximum Gasteiger partial charge on any atom is 0.0428 e. The zero-order chi connectivity index (χ0) is 13.4. The maximum absolute atomic E-state index is 4.18. The highest BCUT2D eigenvalue weighted by molar-refractivity contribution is 5.07. The van der Waals surface area contributed by atoms with Gasteiger partial charge in [0, 0.05) is 23.8 Å². The monoisotopic (exact) mass is 242 g/mol. The summed E-state index contributed by atoms with van der Waals surface area (Å²) in [7, 11) is 0. The molecule has 0 N–H and O–H groups in total. The minimum absolute atomic E-state index is 0.547. The van der Waals surface area contributed by atoms with Crippen molar-refractivity contribution >= 4 is 0 Å². The molecule has 0 atom stereocenters. The summed E-state index contributed by atoms with van der Waals surface area (Å²) in [4.78, 5) is 8.36. The normalized spacial score (nSPS) is 10.1. The van der Waals surface area contributed by atoms with Gasteiger partial charge in [-0.05, 0) is 36.1 Å². The average Bonchev–Trinajstić information content (AvgIpc) is 2.41. The fourth-order valence-corrected chi connectivity index (χ4v) is 1.43. The Morgan fingerprint density at radius 2 is 1.06 bits per heavy atom. The molecule has 0 aliphatic rings. The van der Waals surface area contributed by atoms with Crippen molar-refractivity contribution < 1.29 is 0 Å². The predicted octanol–water partition coefficient (Wildman–Crippen LogP) is 4.41. The number of aromatic nitrogens is 2. The summed E-state index contributed by atoms with van der Waals surface area (Å²) in [6.07, 6.45) is 3.66. The van der Waals surface area contributed by atoms with Gasteiger partial charge in [-0.2, -0.15) is 0 Å². The van der Waals surface area contributed by atoms with Crippen molar-refractivity contribution in [2.45, 2.75) is 39.5 Å². The van der Waals surface area contributed by atoms with Gasteiger partial charge < -0.3 is 0 Å². The van der Waals surface area contributed by atoms with Gasteiger partial charge in [0.25, 0.3) is 0 Å². The second kappa shape index (κ2) is 7.59. The number of pyridine rings is 2. The largest absolute Gasteiger partial charge is 0.261 e. The lowest BCUT2D eigenvalue weighted by atomic mass is 10.1. The molecule has 0 bridgehead atoms. The highest BCUT2D eigenvalue weighted by Gasteiger charge is 1.96. The van der Waals surface area contributed by atoms with Crippen LogP contribution in [0.1, 0.15) is 50.9 Å². The molecule has 18 heavy (non-hydrogen) atoms. The minimum Gasteiger partial charge on any atom is -0.261 e. The van der Waals surface area contributed by atoms with Gasteiger partial charge in [0.05, 0.1) is 0 Å². The SMILES string of the molecule is CC(C)c1ccccn1.CC(C)c1ccccn1. The molecular weight excluding hydrogens is 220 g/mol. The molecule has 0 aliphatic heterocycles. The van der Waals surface area contributed by atoms with E-state index < -0.39 is 0 Å². The predicted molar refractivity (Wildman–Crippen MR) is 76.7 cm³/mol. The minimum atomic E-state index is 0.547. The second-order valence-electron chi connectivity index (χ2n) is 4.82. The molecule has 0 radical (unpaired) electrons. The van der Waals surface area contributed by atoms with Crippen LogP contribution in [0.2, 0.25) is 0 Å². The Morgan fingerprint density at radius 3 is 1.22 bits per heavy atom. The fourth-order valence-electron chi connectivity index (χ4n) is 1.43. The Bertz CT molecular complexity index is 378. The zero-order valence-electron chi connectivity index (χ0n) is 11.7. The molecule has 0 aromatic carbocycles. The summed E-state index contributed by atoms with van der Waals surface area (Å²) in [6, 6.07) is 12.0. The highest BCUT2D eigenvalue weighted by Crippen LogP contribution is 2.08. The molecule has 2 aromatic rings. The van der Waals surface area contributed by atoms with Gasteiger partial charge in [0.1, 0.15) is 0 Å². The van der Waals surface area contributed by atoms with Gasteiger partial charge in [-0.1, -0.05) is 39.8 Å². The maximum atomic E-state index is 4.18. The van der Waals surface area contributed by atoms with Crippen LogP contribution in [0.3, 0.4) is 0 Å². The third kappa shape index (κ3) is 5.09. The summed E-state index contributed by atoms with van der Waals surface area (Å²) >= 11 is 0. The molecule has 96 valence electrons. The van der Waals surface area contributed by atoms with E-state index in [2.05, 4.69) is 37.7 Å². The van der Waals surface area contributed by atoms with Crippen molar-refractivity contribution in [3.63, 3.8) is 0 Å². The van der Waals surface area contributed by atoms with Gasteiger partial charge in [-0.15, -0.1) is 0 Å². The summed E-state index contributed by atoms with van der Waals surface area (Å²) in [5.74, 6) is 1.09. The Hall–Kier alpha value is -1.70. The van der Waals surface area contributed by atoms with Crippen LogP contribution in [0.5, 0.6) is 0 Å². The molecule has 0 fully saturated rings. The van der Waals surface area contributed by atoms with Gasteiger partial charge in [-0.3, -0.25) is 9.97 Å². The first kappa shape index (κ1) is 14.4. The quantitative estimate of drug-likeness (QED) is 0.779. The summed E-state index contributed by atoms with van der Waals surface area (Å²) < 4.78 is 0. The molecular formula is C16H22N2. The molecule has 0 saturated heterocycles. The molecule has 2 aromatic heterocycles. The van der Waals surface area contributed by atoms with Crippen LogP contribution in [0, 0.1) is 0 Å². The van der Waals surface area contributed by atoms with Gasteiger partial charge in [0.2, 0.25) is 0 Å². The Morgan fingerprint density at radius 1 is 0.667 bits per heavy atom. The first-order chi connectivity index (χ1) is 8.61. The van der Waals surface area contributed by atoms with Crippen LogP contribution in [-0.4, -0.2) is 9.97 Å².